The first-order valence-electron chi connectivity index (χ1n) is 13.7. The van der Waals surface area contributed by atoms with Gasteiger partial charge in [0, 0.05) is 18.1 Å². The van der Waals surface area contributed by atoms with Crippen LogP contribution in [-0.2, 0) is 27.2 Å². The molecule has 5 rings (SSSR count). The smallest absolute Gasteiger partial charge is 0.345 e. The van der Waals surface area contributed by atoms with E-state index >= 15 is 0 Å². The molecule has 1 aliphatic rings. The third kappa shape index (κ3) is 6.47. The van der Waals surface area contributed by atoms with E-state index < -0.39 is 29.5 Å². The number of phenolic OH excluding ortho intramolecular Hbond substituents is 7. The van der Waals surface area contributed by atoms with Gasteiger partial charge in [0.1, 0.15) is 5.75 Å². The van der Waals surface area contributed by atoms with Gasteiger partial charge in [0.15, 0.2) is 34.5 Å². The molecule has 0 spiro atoms. The van der Waals surface area contributed by atoms with Crippen LogP contribution in [-0.4, -0.2) is 58.9 Å². The van der Waals surface area contributed by atoms with Crippen molar-refractivity contribution in [1.82, 2.24) is 0 Å². The highest BCUT2D eigenvalue weighted by atomic mass is 16.6. The second-order valence-electron chi connectivity index (χ2n) is 10.5. The molecule has 1 unspecified atom stereocenters. The zero-order chi connectivity index (χ0) is 32.4. The average Bonchev–Trinajstić information content (AvgIpc) is 3.00. The first-order valence-corrected chi connectivity index (χ1v) is 13.7. The highest BCUT2D eigenvalue weighted by molar-refractivity contribution is 5.96. The van der Waals surface area contributed by atoms with Gasteiger partial charge >= 0.3 is 11.9 Å². The fourth-order valence-electron chi connectivity index (χ4n) is 5.21. The lowest BCUT2D eigenvalue weighted by atomic mass is 9.83. The zero-order valence-electron chi connectivity index (χ0n) is 23.5. The first kappa shape index (κ1) is 30.4. The van der Waals surface area contributed by atoms with Gasteiger partial charge in [-0.15, -0.1) is 0 Å². The zero-order valence-corrected chi connectivity index (χ0v) is 23.5. The molecule has 0 amide bonds. The first-order chi connectivity index (χ1) is 21.4. The number of hydrogen-bond donors (Lipinski definition) is 8. The predicted molar refractivity (Wildman–Crippen MR) is 163 cm³/mol. The van der Waals surface area contributed by atoms with Gasteiger partial charge in [-0.3, -0.25) is 0 Å². The molecule has 230 valence electrons. The molecule has 0 fully saturated rings. The Bertz CT molecular complexity index is 1890. The molecule has 0 aromatic heterocycles. The van der Waals surface area contributed by atoms with Crippen molar-refractivity contribution in [2.24, 2.45) is 0 Å². The summed E-state index contributed by atoms with van der Waals surface area (Å²) in [5, 5.41) is 80.4. The molecular formula is C34H28O11. The minimum Gasteiger partial charge on any atom is -0.508 e. The van der Waals surface area contributed by atoms with Crippen molar-refractivity contribution in [1.29, 1.82) is 0 Å². The highest BCUT2D eigenvalue weighted by Gasteiger charge is 2.25. The number of ether oxygens (including phenoxy) is 1. The average molecular weight is 613 g/mol. The summed E-state index contributed by atoms with van der Waals surface area (Å²) in [5.74, 6) is -4.79. The molecular weight excluding hydrogens is 584 g/mol. The second kappa shape index (κ2) is 12.3. The second-order valence-corrected chi connectivity index (χ2v) is 10.5. The molecule has 0 saturated carbocycles. The molecule has 1 atom stereocenters. The molecule has 11 nitrogen and oxygen atoms in total. The molecule has 0 heterocycles. The molecule has 1 aliphatic carbocycles. The third-order valence-electron chi connectivity index (χ3n) is 7.43. The van der Waals surface area contributed by atoms with E-state index in [1.807, 2.05) is 0 Å². The van der Waals surface area contributed by atoms with Gasteiger partial charge in [0.2, 0.25) is 6.10 Å². The van der Waals surface area contributed by atoms with Crippen LogP contribution in [0.25, 0.3) is 28.9 Å². The number of esters is 1. The van der Waals surface area contributed by atoms with Crippen LogP contribution in [0.3, 0.4) is 0 Å². The maximum Gasteiger partial charge on any atom is 0.345 e. The van der Waals surface area contributed by atoms with Crippen LogP contribution in [0, 0.1) is 0 Å². The Morgan fingerprint density at radius 3 is 2.18 bits per heavy atom. The van der Waals surface area contributed by atoms with Crippen molar-refractivity contribution < 1.29 is 55.2 Å². The number of rotatable bonds is 8. The topological polar surface area (TPSA) is 205 Å². The summed E-state index contributed by atoms with van der Waals surface area (Å²) < 4.78 is 5.13. The molecule has 0 radical (unpaired) electrons. The van der Waals surface area contributed by atoms with E-state index in [0.29, 0.717) is 50.9 Å². The van der Waals surface area contributed by atoms with Crippen LogP contribution in [0.5, 0.6) is 40.2 Å². The summed E-state index contributed by atoms with van der Waals surface area (Å²) >= 11 is 0. The molecule has 0 saturated heterocycles. The number of benzene rings is 4. The Morgan fingerprint density at radius 1 is 0.778 bits per heavy atom. The normalized spacial score (nSPS) is 13.2. The number of aromatic hydroxyl groups is 7. The van der Waals surface area contributed by atoms with E-state index in [0.717, 1.165) is 12.1 Å². The van der Waals surface area contributed by atoms with Gasteiger partial charge < -0.3 is 45.6 Å². The molecule has 8 N–H and O–H groups in total. The summed E-state index contributed by atoms with van der Waals surface area (Å²) in [6, 6.07) is 14.1. The van der Waals surface area contributed by atoms with E-state index in [2.05, 4.69) is 0 Å². The van der Waals surface area contributed by atoms with E-state index in [-0.39, 0.29) is 41.6 Å². The number of carboxylic acids is 1. The fraction of sp³-hybridized carbons (Fsp3) is 0.118. The maximum absolute atomic E-state index is 12.7. The van der Waals surface area contributed by atoms with Crippen LogP contribution >= 0.6 is 0 Å². The summed E-state index contributed by atoms with van der Waals surface area (Å²) in [4.78, 5) is 24.5. The lowest BCUT2D eigenvalue weighted by Gasteiger charge is -2.22. The molecule has 0 aliphatic heterocycles. The van der Waals surface area contributed by atoms with Crippen molar-refractivity contribution in [3.8, 4) is 51.4 Å². The molecule has 45 heavy (non-hydrogen) atoms. The van der Waals surface area contributed by atoms with Crippen LogP contribution in [0.2, 0.25) is 0 Å². The summed E-state index contributed by atoms with van der Waals surface area (Å²) in [5.41, 5.74) is 3.74. The predicted octanol–water partition coefficient (Wildman–Crippen LogP) is 5.03. The monoisotopic (exact) mass is 612 g/mol. The maximum atomic E-state index is 12.7. The van der Waals surface area contributed by atoms with Gasteiger partial charge in [-0.05, 0) is 100 Å². The number of allylic oxidation sites excluding steroid dienone is 1. The number of carbonyl (C=O) groups is 2. The number of phenols is 7. The number of carboxylic acid groups (broad SMARTS) is 1. The minimum atomic E-state index is -1.61. The van der Waals surface area contributed by atoms with Crippen molar-refractivity contribution in [3.05, 3.63) is 94.6 Å². The van der Waals surface area contributed by atoms with Gasteiger partial charge in [-0.25, -0.2) is 9.59 Å². The molecule has 11 heteroatoms. The third-order valence-corrected chi connectivity index (χ3v) is 7.43. The number of fused-ring (bicyclic) bond motifs is 1. The van der Waals surface area contributed by atoms with Gasteiger partial charge in [-0.1, -0.05) is 24.3 Å². The van der Waals surface area contributed by atoms with Crippen molar-refractivity contribution >= 4 is 29.7 Å². The SMILES string of the molecule is O=C(C=Cc1cc(O)c(O)c2c1C=C(c1cc(O)c(O)cc1-c1cccc(O)c1)CC2)OC(Cc1ccc(O)c(O)c1)C(=O)O. The largest absolute Gasteiger partial charge is 0.508 e. The standard InChI is InChI=1S/C34H28O11/c35-21-3-1-2-18(12-21)24-15-28(38)29(39)16-25(24)19-5-7-22-23(13-19)20(14-30(40)33(22)42)6-9-32(41)45-31(34(43)44)11-17-4-8-26(36)27(37)10-17/h1-4,6,8-10,12-16,31,35-40,42H,5,7,11H2,(H,43,44). The lowest BCUT2D eigenvalue weighted by Crippen LogP contribution is -2.28. The highest BCUT2D eigenvalue weighted by Crippen LogP contribution is 2.45. The summed E-state index contributed by atoms with van der Waals surface area (Å²) in [6.45, 7) is 0. The Morgan fingerprint density at radius 2 is 1.49 bits per heavy atom. The Kier molecular flexibility index (Phi) is 8.27. The number of aliphatic carboxylic acids is 1. The van der Waals surface area contributed by atoms with Gasteiger partial charge in [0.05, 0.1) is 0 Å². The van der Waals surface area contributed by atoms with E-state index in [1.165, 1.54) is 48.5 Å². The van der Waals surface area contributed by atoms with E-state index in [4.69, 9.17) is 4.74 Å². The van der Waals surface area contributed by atoms with Gasteiger partial charge in [-0.2, -0.15) is 0 Å². The van der Waals surface area contributed by atoms with Crippen LogP contribution in [0.4, 0.5) is 0 Å². The van der Waals surface area contributed by atoms with E-state index in [9.17, 15) is 50.4 Å². The molecule has 4 aromatic carbocycles. The van der Waals surface area contributed by atoms with Crippen LogP contribution in [0.1, 0.15) is 34.2 Å². The minimum absolute atomic E-state index is 0.0000381. The van der Waals surface area contributed by atoms with Crippen molar-refractivity contribution in [3.63, 3.8) is 0 Å². The molecule has 4 aromatic rings. The Labute approximate surface area is 256 Å². The van der Waals surface area contributed by atoms with Crippen molar-refractivity contribution in [2.75, 3.05) is 0 Å². The number of hydrogen-bond acceptors (Lipinski definition) is 10. The van der Waals surface area contributed by atoms with Crippen molar-refractivity contribution in [2.45, 2.75) is 25.4 Å². The number of carbonyl (C=O) groups excluding carboxylic acids is 1. The van der Waals surface area contributed by atoms with Gasteiger partial charge in [0.25, 0.3) is 0 Å². The lowest BCUT2D eigenvalue weighted by molar-refractivity contribution is -0.160. The van der Waals surface area contributed by atoms with E-state index in [1.54, 1.807) is 18.2 Å². The fourth-order valence-corrected chi connectivity index (χ4v) is 5.21. The molecule has 0 bridgehead atoms. The van der Waals surface area contributed by atoms with Crippen LogP contribution < -0.4 is 0 Å². The summed E-state index contributed by atoms with van der Waals surface area (Å²) in [7, 11) is 0. The summed E-state index contributed by atoms with van der Waals surface area (Å²) in [6.07, 6.45) is 2.70. The quantitative estimate of drug-likeness (QED) is 0.0752. The van der Waals surface area contributed by atoms with Crippen LogP contribution in [0.15, 0.2) is 66.7 Å². The Balaban J connectivity index is 1.48. The Hall–Kier alpha value is -6.10.